The zero-order chi connectivity index (χ0) is 17.6. The summed E-state index contributed by atoms with van der Waals surface area (Å²) in [4.78, 5) is 23.4. The highest BCUT2D eigenvalue weighted by molar-refractivity contribution is 5.85. The van der Waals surface area contributed by atoms with Crippen molar-refractivity contribution in [3.63, 3.8) is 0 Å². The Balaban J connectivity index is 1.63. The number of nitrogens with one attached hydrogen (secondary N) is 1. The number of hydrazone groups is 1. The molecular formula is C19H16N2O4. The minimum absolute atomic E-state index is 0.265. The molecule has 1 heterocycles. The third kappa shape index (κ3) is 4.11. The highest BCUT2D eigenvalue weighted by Gasteiger charge is 2.08. The van der Waals surface area contributed by atoms with Crippen molar-refractivity contribution < 1.29 is 13.9 Å². The average Bonchev–Trinajstić information content (AvgIpc) is 2.61. The van der Waals surface area contributed by atoms with Crippen molar-refractivity contribution in [2.45, 2.75) is 6.92 Å². The van der Waals surface area contributed by atoms with E-state index in [9.17, 15) is 9.59 Å². The summed E-state index contributed by atoms with van der Waals surface area (Å²) in [5, 5.41) is 4.53. The molecule has 0 saturated heterocycles. The molecule has 3 aromatic rings. The van der Waals surface area contributed by atoms with E-state index in [1.165, 1.54) is 6.07 Å². The Morgan fingerprint density at radius 3 is 2.80 bits per heavy atom. The molecule has 1 N–H and O–H groups in total. The molecule has 3 rings (SSSR count). The summed E-state index contributed by atoms with van der Waals surface area (Å²) in [6.07, 6.45) is 1.57. The lowest BCUT2D eigenvalue weighted by atomic mass is 10.1. The highest BCUT2D eigenvalue weighted by Crippen LogP contribution is 2.22. The Bertz CT molecular complexity index is 992. The van der Waals surface area contributed by atoms with Crippen LogP contribution in [0.5, 0.6) is 5.75 Å². The van der Waals surface area contributed by atoms with E-state index in [1.54, 1.807) is 30.5 Å². The van der Waals surface area contributed by atoms with Crippen LogP contribution in [0.4, 0.5) is 0 Å². The van der Waals surface area contributed by atoms with Crippen molar-refractivity contribution in [3.8, 4) is 5.75 Å². The summed E-state index contributed by atoms with van der Waals surface area (Å²) >= 11 is 0. The molecule has 0 aliphatic heterocycles. The molecule has 0 atom stereocenters. The fraction of sp³-hybridized carbons (Fsp3) is 0.105. The van der Waals surface area contributed by atoms with E-state index in [0.29, 0.717) is 16.7 Å². The zero-order valence-electron chi connectivity index (χ0n) is 13.6. The number of para-hydroxylation sites is 1. The van der Waals surface area contributed by atoms with Gasteiger partial charge in [-0.2, -0.15) is 5.10 Å². The second-order valence-corrected chi connectivity index (χ2v) is 5.36. The minimum atomic E-state index is -0.535. The largest absolute Gasteiger partial charge is 0.483 e. The van der Waals surface area contributed by atoms with Gasteiger partial charge in [0.2, 0.25) is 0 Å². The normalized spacial score (nSPS) is 10.9. The van der Waals surface area contributed by atoms with Gasteiger partial charge >= 0.3 is 5.63 Å². The number of benzene rings is 2. The molecule has 0 saturated carbocycles. The van der Waals surface area contributed by atoms with Crippen molar-refractivity contribution in [2.75, 3.05) is 6.61 Å². The van der Waals surface area contributed by atoms with Crippen LogP contribution in [0.2, 0.25) is 0 Å². The van der Waals surface area contributed by atoms with Crippen LogP contribution in [0.3, 0.4) is 0 Å². The molecule has 0 bridgehead atoms. The summed E-state index contributed by atoms with van der Waals surface area (Å²) in [7, 11) is 0. The number of carbonyl (C=O) groups excluding carboxylic acids is 1. The molecule has 0 spiro atoms. The van der Waals surface area contributed by atoms with Crippen LogP contribution >= 0.6 is 0 Å². The SMILES string of the molecule is Cc1ccccc1/C=N/NC(=O)COc1cc(=O)oc2ccccc12. The monoisotopic (exact) mass is 336 g/mol. The lowest BCUT2D eigenvalue weighted by Gasteiger charge is -2.07. The molecule has 0 fully saturated rings. The van der Waals surface area contributed by atoms with E-state index in [1.807, 2.05) is 31.2 Å². The molecule has 1 amide bonds. The van der Waals surface area contributed by atoms with Crippen molar-refractivity contribution in [2.24, 2.45) is 5.10 Å². The van der Waals surface area contributed by atoms with Gasteiger partial charge in [-0.25, -0.2) is 10.2 Å². The Morgan fingerprint density at radius 2 is 1.96 bits per heavy atom. The van der Waals surface area contributed by atoms with Crippen LogP contribution in [-0.4, -0.2) is 18.7 Å². The fourth-order valence-corrected chi connectivity index (χ4v) is 2.28. The number of fused-ring (bicyclic) bond motifs is 1. The smallest absolute Gasteiger partial charge is 0.339 e. The second-order valence-electron chi connectivity index (χ2n) is 5.36. The number of hydrogen-bond acceptors (Lipinski definition) is 5. The van der Waals surface area contributed by atoms with Crippen LogP contribution in [0.1, 0.15) is 11.1 Å². The van der Waals surface area contributed by atoms with Gasteiger partial charge in [0.05, 0.1) is 17.7 Å². The van der Waals surface area contributed by atoms with E-state index in [2.05, 4.69) is 10.5 Å². The molecule has 1 aromatic heterocycles. The number of hydrogen-bond donors (Lipinski definition) is 1. The number of rotatable bonds is 5. The van der Waals surface area contributed by atoms with Crippen LogP contribution in [-0.2, 0) is 4.79 Å². The number of nitrogens with zero attached hydrogens (tertiary/aromatic N) is 1. The molecule has 2 aromatic carbocycles. The minimum Gasteiger partial charge on any atom is -0.483 e. The molecule has 25 heavy (non-hydrogen) atoms. The van der Waals surface area contributed by atoms with E-state index >= 15 is 0 Å². The summed E-state index contributed by atoms with van der Waals surface area (Å²) in [5.74, 6) is -0.132. The van der Waals surface area contributed by atoms with Gasteiger partial charge in [0.25, 0.3) is 5.91 Å². The van der Waals surface area contributed by atoms with Crippen molar-refractivity contribution in [1.82, 2.24) is 5.43 Å². The molecule has 0 unspecified atom stereocenters. The number of amides is 1. The van der Waals surface area contributed by atoms with Gasteiger partial charge in [-0.1, -0.05) is 36.4 Å². The molecule has 0 radical (unpaired) electrons. The summed E-state index contributed by atoms with van der Waals surface area (Å²) in [6, 6.07) is 15.9. The fourth-order valence-electron chi connectivity index (χ4n) is 2.28. The first-order valence-electron chi connectivity index (χ1n) is 7.67. The number of aryl methyl sites for hydroxylation is 1. The number of ether oxygens (including phenoxy) is 1. The molecule has 6 heteroatoms. The van der Waals surface area contributed by atoms with Gasteiger partial charge in [-0.05, 0) is 30.2 Å². The third-order valence-electron chi connectivity index (χ3n) is 3.55. The summed E-state index contributed by atoms with van der Waals surface area (Å²) in [5.41, 5.74) is 4.23. The zero-order valence-corrected chi connectivity index (χ0v) is 13.6. The predicted octanol–water partition coefficient (Wildman–Crippen LogP) is 2.63. The standard InChI is InChI=1S/C19H16N2O4/c1-13-6-2-3-7-14(13)11-20-21-18(22)12-24-17-10-19(23)25-16-9-5-4-8-15(16)17/h2-11H,12H2,1H3,(H,21,22)/b20-11+. The summed E-state index contributed by atoms with van der Waals surface area (Å²) < 4.78 is 10.5. The van der Waals surface area contributed by atoms with Gasteiger partial charge in [-0.15, -0.1) is 0 Å². The van der Waals surface area contributed by atoms with Crippen molar-refractivity contribution >= 4 is 23.1 Å². The average molecular weight is 336 g/mol. The van der Waals surface area contributed by atoms with Gasteiger partial charge in [0.1, 0.15) is 11.3 Å². The maximum absolute atomic E-state index is 11.9. The number of carbonyl (C=O) groups is 1. The van der Waals surface area contributed by atoms with Crippen LogP contribution in [0, 0.1) is 6.92 Å². The Hall–Kier alpha value is -3.41. The van der Waals surface area contributed by atoms with Crippen molar-refractivity contribution in [3.05, 3.63) is 76.1 Å². The molecule has 0 aliphatic rings. The molecule has 0 aliphatic carbocycles. The highest BCUT2D eigenvalue weighted by atomic mass is 16.5. The maximum atomic E-state index is 11.9. The predicted molar refractivity (Wildman–Crippen MR) is 94.9 cm³/mol. The first-order valence-corrected chi connectivity index (χ1v) is 7.67. The second kappa shape index (κ2) is 7.44. The molecule has 6 nitrogen and oxygen atoms in total. The van der Waals surface area contributed by atoms with Gasteiger partial charge in [0.15, 0.2) is 6.61 Å². The van der Waals surface area contributed by atoms with E-state index < -0.39 is 11.5 Å². The van der Waals surface area contributed by atoms with Crippen molar-refractivity contribution in [1.29, 1.82) is 0 Å². The van der Waals surface area contributed by atoms with Gasteiger partial charge in [-0.3, -0.25) is 4.79 Å². The van der Waals surface area contributed by atoms with Gasteiger partial charge in [0, 0.05) is 0 Å². The topological polar surface area (TPSA) is 80.9 Å². The van der Waals surface area contributed by atoms with Crippen LogP contribution < -0.4 is 15.8 Å². The first-order chi connectivity index (χ1) is 12.1. The Labute approximate surface area is 143 Å². The lowest BCUT2D eigenvalue weighted by Crippen LogP contribution is -2.25. The first kappa shape index (κ1) is 16.4. The molecule has 126 valence electrons. The van der Waals surface area contributed by atoms with Gasteiger partial charge < -0.3 is 9.15 Å². The van der Waals surface area contributed by atoms with Crippen LogP contribution in [0.15, 0.2) is 68.9 Å². The molecular weight excluding hydrogens is 320 g/mol. The maximum Gasteiger partial charge on any atom is 0.339 e. The summed E-state index contributed by atoms with van der Waals surface area (Å²) in [6.45, 7) is 1.69. The Morgan fingerprint density at radius 1 is 1.20 bits per heavy atom. The van der Waals surface area contributed by atoms with E-state index in [-0.39, 0.29) is 6.61 Å². The Kier molecular flexibility index (Phi) is 4.89. The quantitative estimate of drug-likeness (QED) is 0.441. The lowest BCUT2D eigenvalue weighted by molar-refractivity contribution is -0.123. The van der Waals surface area contributed by atoms with Crippen LogP contribution in [0.25, 0.3) is 11.0 Å². The van der Waals surface area contributed by atoms with E-state index in [0.717, 1.165) is 11.1 Å². The van der Waals surface area contributed by atoms with E-state index in [4.69, 9.17) is 9.15 Å². The third-order valence-corrected chi connectivity index (χ3v) is 3.55.